The molecule has 0 saturated carbocycles. The number of nitrogens with zero attached hydrogens (tertiary/aromatic N) is 4. The maximum absolute atomic E-state index is 10.7. The van der Waals surface area contributed by atoms with E-state index >= 15 is 0 Å². The van der Waals surface area contributed by atoms with Crippen LogP contribution in [-0.4, -0.2) is 44.5 Å². The summed E-state index contributed by atoms with van der Waals surface area (Å²) in [6.07, 6.45) is 2.15. The third kappa shape index (κ3) is 4.79. The second kappa shape index (κ2) is 7.75. The van der Waals surface area contributed by atoms with E-state index in [4.69, 9.17) is 9.84 Å². The molecule has 7 heteroatoms. The first-order valence-corrected chi connectivity index (χ1v) is 6.20. The van der Waals surface area contributed by atoms with Crippen molar-refractivity contribution in [3.05, 3.63) is 5.82 Å². The number of ether oxygens (including phenoxy) is 1. The topological polar surface area (TPSA) is 90.1 Å². The second-order valence-electron chi connectivity index (χ2n) is 4.21. The van der Waals surface area contributed by atoms with Crippen LogP contribution >= 0.6 is 0 Å². The first-order valence-electron chi connectivity index (χ1n) is 6.20. The number of tetrazole rings is 1. The van der Waals surface area contributed by atoms with E-state index in [1.54, 1.807) is 11.6 Å². The van der Waals surface area contributed by atoms with Gasteiger partial charge < -0.3 is 9.84 Å². The number of carboxylic acid groups (broad SMARTS) is 1. The molecule has 0 aliphatic rings. The Morgan fingerprint density at radius 3 is 2.94 bits per heavy atom. The fourth-order valence-corrected chi connectivity index (χ4v) is 1.43. The molecule has 0 amide bonds. The van der Waals surface area contributed by atoms with Crippen LogP contribution in [0.2, 0.25) is 0 Å². The first-order chi connectivity index (χ1) is 8.65. The molecule has 0 aliphatic carbocycles. The lowest BCUT2D eigenvalue weighted by molar-refractivity contribution is -0.141. The molecule has 1 aromatic heterocycles. The second-order valence-corrected chi connectivity index (χ2v) is 4.21. The first kappa shape index (κ1) is 14.6. The fraction of sp³-hybridized carbons (Fsp3) is 0.818. The predicted molar refractivity (Wildman–Crippen MR) is 64.0 cm³/mol. The third-order valence-corrected chi connectivity index (χ3v) is 2.62. The van der Waals surface area contributed by atoms with Crippen molar-refractivity contribution in [3.63, 3.8) is 0 Å². The summed E-state index contributed by atoms with van der Waals surface area (Å²) in [4.78, 5) is 10.7. The van der Waals surface area contributed by atoms with Crippen LogP contribution in [0.15, 0.2) is 0 Å². The molecule has 0 fully saturated rings. The molecular weight excluding hydrogens is 236 g/mol. The molecule has 0 aliphatic heterocycles. The van der Waals surface area contributed by atoms with Crippen molar-refractivity contribution in [2.75, 3.05) is 13.2 Å². The van der Waals surface area contributed by atoms with E-state index < -0.39 is 11.9 Å². The van der Waals surface area contributed by atoms with Crippen molar-refractivity contribution in [1.29, 1.82) is 0 Å². The summed E-state index contributed by atoms with van der Waals surface area (Å²) in [6, 6.07) is 0. The summed E-state index contributed by atoms with van der Waals surface area (Å²) in [5, 5.41) is 20.2. The van der Waals surface area contributed by atoms with Gasteiger partial charge in [0.25, 0.3) is 0 Å². The number of aromatic nitrogens is 4. The lowest BCUT2D eigenvalue weighted by Crippen LogP contribution is -2.15. The van der Waals surface area contributed by atoms with E-state index in [1.165, 1.54) is 0 Å². The van der Waals surface area contributed by atoms with Crippen LogP contribution in [0.1, 0.15) is 32.5 Å². The molecule has 1 heterocycles. The van der Waals surface area contributed by atoms with Gasteiger partial charge in [-0.1, -0.05) is 13.8 Å². The van der Waals surface area contributed by atoms with Gasteiger partial charge in [-0.2, -0.15) is 0 Å². The molecule has 18 heavy (non-hydrogen) atoms. The number of carboxylic acids is 1. The normalized spacial score (nSPS) is 12.6. The minimum absolute atomic E-state index is 0.390. The molecule has 0 radical (unpaired) electrons. The molecular formula is C11H20N4O3. The highest BCUT2D eigenvalue weighted by molar-refractivity contribution is 5.69. The minimum Gasteiger partial charge on any atom is -0.481 e. The van der Waals surface area contributed by atoms with Crippen molar-refractivity contribution < 1.29 is 14.6 Å². The van der Waals surface area contributed by atoms with E-state index in [0.717, 1.165) is 18.9 Å². The highest BCUT2D eigenvalue weighted by Gasteiger charge is 2.13. The Morgan fingerprint density at radius 1 is 1.50 bits per heavy atom. The molecule has 0 bridgehead atoms. The van der Waals surface area contributed by atoms with Crippen molar-refractivity contribution >= 4 is 5.97 Å². The van der Waals surface area contributed by atoms with Crippen molar-refractivity contribution in [2.45, 2.75) is 39.7 Å². The average Bonchev–Trinajstić information content (AvgIpc) is 2.79. The van der Waals surface area contributed by atoms with Gasteiger partial charge in [0.05, 0.1) is 12.5 Å². The quantitative estimate of drug-likeness (QED) is 0.656. The van der Waals surface area contributed by atoms with E-state index in [0.29, 0.717) is 26.0 Å². The molecule has 102 valence electrons. The van der Waals surface area contributed by atoms with E-state index in [2.05, 4.69) is 22.4 Å². The summed E-state index contributed by atoms with van der Waals surface area (Å²) in [7, 11) is 0. The number of hydrogen-bond donors (Lipinski definition) is 1. The predicted octanol–water partition coefficient (Wildman–Crippen LogP) is 0.753. The van der Waals surface area contributed by atoms with Crippen LogP contribution in [0.4, 0.5) is 0 Å². The summed E-state index contributed by atoms with van der Waals surface area (Å²) >= 11 is 0. The number of aryl methyl sites for hydroxylation is 1. The van der Waals surface area contributed by atoms with Gasteiger partial charge in [0.15, 0.2) is 5.82 Å². The Kier molecular flexibility index (Phi) is 6.27. The largest absolute Gasteiger partial charge is 0.481 e. The summed E-state index contributed by atoms with van der Waals surface area (Å²) in [5.74, 6) is -0.446. The average molecular weight is 256 g/mol. The molecule has 7 nitrogen and oxygen atoms in total. The smallest absolute Gasteiger partial charge is 0.306 e. The van der Waals surface area contributed by atoms with Gasteiger partial charge in [-0.3, -0.25) is 4.79 Å². The SMILES string of the molecule is CCCOCCc1nnnn1CCC(C)C(=O)O. The fourth-order valence-electron chi connectivity index (χ4n) is 1.43. The van der Waals surface area contributed by atoms with Crippen molar-refractivity contribution in [2.24, 2.45) is 5.92 Å². The summed E-state index contributed by atoms with van der Waals surface area (Å²) in [5.41, 5.74) is 0. The number of hydrogen-bond acceptors (Lipinski definition) is 5. The van der Waals surface area contributed by atoms with Gasteiger partial charge in [-0.05, 0) is 23.3 Å². The Morgan fingerprint density at radius 2 is 2.28 bits per heavy atom. The van der Waals surface area contributed by atoms with Crippen LogP contribution in [0.25, 0.3) is 0 Å². The molecule has 1 aromatic rings. The lowest BCUT2D eigenvalue weighted by atomic mass is 10.1. The van der Waals surface area contributed by atoms with Crippen molar-refractivity contribution in [1.82, 2.24) is 20.2 Å². The zero-order valence-corrected chi connectivity index (χ0v) is 10.9. The molecule has 0 aromatic carbocycles. The van der Waals surface area contributed by atoms with Gasteiger partial charge in [0.2, 0.25) is 0 Å². The van der Waals surface area contributed by atoms with E-state index in [9.17, 15) is 4.79 Å². The monoisotopic (exact) mass is 256 g/mol. The molecule has 1 N–H and O–H groups in total. The zero-order valence-electron chi connectivity index (χ0n) is 10.9. The van der Waals surface area contributed by atoms with Gasteiger partial charge in [-0.15, -0.1) is 5.10 Å². The maximum Gasteiger partial charge on any atom is 0.306 e. The van der Waals surface area contributed by atoms with Gasteiger partial charge in [-0.25, -0.2) is 4.68 Å². The molecule has 1 rings (SSSR count). The standard InChI is InChI=1S/C11H20N4O3/c1-3-7-18-8-5-10-12-13-14-15(10)6-4-9(2)11(16)17/h9H,3-8H2,1-2H3,(H,16,17). The number of carbonyl (C=O) groups is 1. The Labute approximate surface area is 106 Å². The van der Waals surface area contributed by atoms with Crippen LogP contribution in [-0.2, 0) is 22.5 Å². The van der Waals surface area contributed by atoms with Crippen LogP contribution in [0.3, 0.4) is 0 Å². The summed E-state index contributed by atoms with van der Waals surface area (Å²) < 4.78 is 7.02. The molecule has 1 atom stereocenters. The summed E-state index contributed by atoms with van der Waals surface area (Å²) in [6.45, 7) is 5.57. The Hall–Kier alpha value is -1.50. The Balaban J connectivity index is 2.37. The van der Waals surface area contributed by atoms with Crippen LogP contribution < -0.4 is 0 Å². The van der Waals surface area contributed by atoms with Gasteiger partial charge >= 0.3 is 5.97 Å². The van der Waals surface area contributed by atoms with Crippen molar-refractivity contribution in [3.8, 4) is 0 Å². The van der Waals surface area contributed by atoms with Crippen LogP contribution in [0.5, 0.6) is 0 Å². The van der Waals surface area contributed by atoms with Gasteiger partial charge in [0.1, 0.15) is 0 Å². The number of aliphatic carboxylic acids is 1. The Bertz CT molecular complexity index is 367. The highest BCUT2D eigenvalue weighted by atomic mass is 16.5. The minimum atomic E-state index is -0.795. The van der Waals surface area contributed by atoms with E-state index in [1.807, 2.05) is 0 Å². The zero-order chi connectivity index (χ0) is 13.4. The third-order valence-electron chi connectivity index (χ3n) is 2.62. The molecule has 0 saturated heterocycles. The van der Waals surface area contributed by atoms with E-state index in [-0.39, 0.29) is 0 Å². The molecule has 0 spiro atoms. The van der Waals surface area contributed by atoms with Gasteiger partial charge in [0, 0.05) is 19.6 Å². The molecule has 1 unspecified atom stereocenters. The lowest BCUT2D eigenvalue weighted by Gasteiger charge is -2.07. The number of rotatable bonds is 9. The van der Waals surface area contributed by atoms with Crippen LogP contribution in [0, 0.1) is 5.92 Å². The maximum atomic E-state index is 10.7. The highest BCUT2D eigenvalue weighted by Crippen LogP contribution is 2.05.